The van der Waals surface area contributed by atoms with E-state index >= 15 is 0 Å². The molecule has 0 amide bonds. The predicted molar refractivity (Wildman–Crippen MR) is 136 cm³/mol. The topological polar surface area (TPSA) is 48.4 Å². The van der Waals surface area contributed by atoms with Gasteiger partial charge in [0.25, 0.3) is 0 Å². The van der Waals surface area contributed by atoms with Crippen LogP contribution in [-0.2, 0) is 22.3 Å². The van der Waals surface area contributed by atoms with Crippen molar-refractivity contribution in [3.8, 4) is 27.4 Å². The van der Waals surface area contributed by atoms with Crippen LogP contribution in [0, 0.1) is 6.92 Å². The molecular weight excluding hydrogens is 487 g/mol. The molecule has 36 heavy (non-hydrogen) atoms. The number of alkyl halides is 3. The first-order chi connectivity index (χ1) is 17.2. The van der Waals surface area contributed by atoms with Crippen LogP contribution >= 0.6 is 11.3 Å². The molecule has 4 rings (SSSR count). The van der Waals surface area contributed by atoms with Crippen LogP contribution in [0.1, 0.15) is 29.5 Å². The van der Waals surface area contributed by atoms with Gasteiger partial charge in [-0.3, -0.25) is 4.79 Å². The SMILES string of the molecule is CCC(=O)OC.Cc1nc(-c2ccc(C(F)(F)F)cc2)sc1COc1ccc(-c2ccccc2)cc1. The fourth-order valence-electron chi connectivity index (χ4n) is 3.15. The van der Waals surface area contributed by atoms with Gasteiger partial charge >= 0.3 is 12.1 Å². The van der Waals surface area contributed by atoms with Crippen LogP contribution < -0.4 is 4.74 Å². The molecule has 0 spiro atoms. The Balaban J connectivity index is 0.000000538. The van der Waals surface area contributed by atoms with E-state index in [1.807, 2.05) is 49.4 Å². The zero-order valence-corrected chi connectivity index (χ0v) is 21.0. The van der Waals surface area contributed by atoms with Gasteiger partial charge in [0.15, 0.2) is 0 Å². The molecule has 0 radical (unpaired) electrons. The zero-order chi connectivity index (χ0) is 26.1. The first kappa shape index (κ1) is 26.9. The minimum Gasteiger partial charge on any atom is -0.488 e. The summed E-state index contributed by atoms with van der Waals surface area (Å²) < 4.78 is 48.4. The number of nitrogens with zero attached hydrogens (tertiary/aromatic N) is 1. The highest BCUT2D eigenvalue weighted by Crippen LogP contribution is 2.33. The van der Waals surface area contributed by atoms with Gasteiger partial charge in [-0.05, 0) is 42.3 Å². The third-order valence-electron chi connectivity index (χ3n) is 5.20. The average Bonchev–Trinajstić information content (AvgIpc) is 3.28. The van der Waals surface area contributed by atoms with E-state index < -0.39 is 11.7 Å². The van der Waals surface area contributed by atoms with Crippen molar-refractivity contribution in [1.82, 2.24) is 4.98 Å². The Kier molecular flexibility index (Phi) is 9.25. The Morgan fingerprint density at radius 2 is 1.47 bits per heavy atom. The summed E-state index contributed by atoms with van der Waals surface area (Å²) in [6.45, 7) is 3.99. The monoisotopic (exact) mass is 513 g/mol. The average molecular weight is 514 g/mol. The van der Waals surface area contributed by atoms with Crippen LogP contribution in [-0.4, -0.2) is 18.1 Å². The Bertz CT molecular complexity index is 1250. The number of thiazole rings is 1. The normalized spacial score (nSPS) is 10.8. The van der Waals surface area contributed by atoms with Gasteiger partial charge in [-0.1, -0.05) is 61.5 Å². The number of rotatable bonds is 6. The molecule has 0 atom stereocenters. The van der Waals surface area contributed by atoms with Crippen LogP contribution in [0.3, 0.4) is 0 Å². The highest BCUT2D eigenvalue weighted by molar-refractivity contribution is 7.15. The van der Waals surface area contributed by atoms with Crippen molar-refractivity contribution in [3.63, 3.8) is 0 Å². The molecule has 3 aromatic carbocycles. The molecule has 188 valence electrons. The van der Waals surface area contributed by atoms with E-state index in [0.29, 0.717) is 23.6 Å². The highest BCUT2D eigenvalue weighted by Gasteiger charge is 2.30. The number of hydrogen-bond acceptors (Lipinski definition) is 5. The molecule has 0 fully saturated rings. The molecule has 0 aliphatic rings. The van der Waals surface area contributed by atoms with Gasteiger partial charge in [-0.15, -0.1) is 11.3 Å². The van der Waals surface area contributed by atoms with Crippen molar-refractivity contribution in [1.29, 1.82) is 0 Å². The molecule has 0 unspecified atom stereocenters. The number of aryl methyl sites for hydroxylation is 1. The van der Waals surface area contributed by atoms with Crippen molar-refractivity contribution in [2.45, 2.75) is 33.1 Å². The number of esters is 1. The number of halogens is 3. The number of ether oxygens (including phenoxy) is 2. The van der Waals surface area contributed by atoms with Gasteiger partial charge in [0, 0.05) is 12.0 Å². The molecule has 4 aromatic rings. The molecule has 0 bridgehead atoms. The van der Waals surface area contributed by atoms with Gasteiger partial charge in [0.2, 0.25) is 0 Å². The van der Waals surface area contributed by atoms with E-state index in [1.54, 1.807) is 6.92 Å². The smallest absolute Gasteiger partial charge is 0.416 e. The number of carbonyl (C=O) groups excluding carboxylic acids is 1. The number of carbonyl (C=O) groups is 1. The first-order valence-electron chi connectivity index (χ1n) is 11.2. The van der Waals surface area contributed by atoms with E-state index in [-0.39, 0.29) is 5.97 Å². The summed E-state index contributed by atoms with van der Waals surface area (Å²) in [5.41, 5.74) is 3.07. The summed E-state index contributed by atoms with van der Waals surface area (Å²) in [4.78, 5) is 15.4. The predicted octanol–water partition coefficient (Wildman–Crippen LogP) is 7.95. The Hall–Kier alpha value is -3.65. The van der Waals surface area contributed by atoms with Crippen molar-refractivity contribution >= 4 is 17.3 Å². The standard InChI is InChI=1S/C24H18F3NOS.C4H8O2/c1-16-22(30-23(28-16)19-7-11-20(12-8-19)24(25,26)27)15-29-21-13-9-18(10-14-21)17-5-3-2-4-6-17;1-3-4(5)6-2/h2-14H,15H2,1H3;3H2,1-2H3. The van der Waals surface area contributed by atoms with Gasteiger partial charge < -0.3 is 9.47 Å². The maximum atomic E-state index is 12.7. The van der Waals surface area contributed by atoms with Gasteiger partial charge in [-0.2, -0.15) is 13.2 Å². The quantitative estimate of drug-likeness (QED) is 0.246. The lowest BCUT2D eigenvalue weighted by molar-refractivity contribution is -0.140. The minimum absolute atomic E-state index is 0.157. The third-order valence-corrected chi connectivity index (χ3v) is 6.38. The fraction of sp³-hybridized carbons (Fsp3) is 0.214. The molecule has 1 aromatic heterocycles. The van der Waals surface area contributed by atoms with Gasteiger partial charge in [-0.25, -0.2) is 4.98 Å². The Labute approximate surface area is 212 Å². The summed E-state index contributed by atoms with van der Waals surface area (Å²) >= 11 is 1.43. The van der Waals surface area contributed by atoms with Crippen molar-refractivity contribution in [2.75, 3.05) is 7.11 Å². The molecule has 0 saturated heterocycles. The summed E-state index contributed by atoms with van der Waals surface area (Å²) in [7, 11) is 1.38. The number of methoxy groups -OCH3 is 1. The van der Waals surface area contributed by atoms with E-state index in [9.17, 15) is 18.0 Å². The second kappa shape index (κ2) is 12.4. The summed E-state index contributed by atoms with van der Waals surface area (Å²) in [6, 6.07) is 23.0. The van der Waals surface area contributed by atoms with E-state index in [0.717, 1.165) is 39.6 Å². The van der Waals surface area contributed by atoms with Crippen molar-refractivity contribution in [3.05, 3.63) is 95.0 Å². The van der Waals surface area contributed by atoms with E-state index in [1.165, 1.54) is 30.6 Å². The fourth-order valence-corrected chi connectivity index (χ4v) is 4.14. The van der Waals surface area contributed by atoms with E-state index in [2.05, 4.69) is 21.9 Å². The van der Waals surface area contributed by atoms with Crippen LogP contribution in [0.25, 0.3) is 21.7 Å². The Morgan fingerprint density at radius 1 is 0.889 bits per heavy atom. The third kappa shape index (κ3) is 7.42. The number of hydrogen-bond donors (Lipinski definition) is 0. The first-order valence-corrected chi connectivity index (χ1v) is 12.0. The molecule has 8 heteroatoms. The minimum atomic E-state index is -4.34. The molecule has 0 saturated carbocycles. The molecule has 0 aliphatic heterocycles. The van der Waals surface area contributed by atoms with Gasteiger partial charge in [0.05, 0.1) is 23.2 Å². The van der Waals surface area contributed by atoms with Gasteiger partial charge in [0.1, 0.15) is 17.4 Å². The van der Waals surface area contributed by atoms with Crippen LogP contribution in [0.5, 0.6) is 5.75 Å². The Morgan fingerprint density at radius 3 is 2.00 bits per heavy atom. The van der Waals surface area contributed by atoms with Crippen LogP contribution in [0.15, 0.2) is 78.9 Å². The molecule has 4 nitrogen and oxygen atoms in total. The molecule has 1 heterocycles. The molecular formula is C28H26F3NO3S. The van der Waals surface area contributed by atoms with Crippen molar-refractivity contribution < 1.29 is 27.4 Å². The second-order valence-corrected chi connectivity index (χ2v) is 8.80. The lowest BCUT2D eigenvalue weighted by Crippen LogP contribution is -2.03. The summed E-state index contributed by atoms with van der Waals surface area (Å²) in [6.07, 6.45) is -3.87. The maximum absolute atomic E-state index is 12.7. The van der Waals surface area contributed by atoms with E-state index in [4.69, 9.17) is 4.74 Å². The maximum Gasteiger partial charge on any atom is 0.416 e. The van der Waals surface area contributed by atoms with Crippen LogP contribution in [0.2, 0.25) is 0 Å². The lowest BCUT2D eigenvalue weighted by atomic mass is 10.1. The molecule has 0 N–H and O–H groups in total. The largest absolute Gasteiger partial charge is 0.488 e. The number of aromatic nitrogens is 1. The summed E-state index contributed by atoms with van der Waals surface area (Å²) in [5, 5.41) is 0.680. The van der Waals surface area contributed by atoms with Crippen molar-refractivity contribution in [2.24, 2.45) is 0 Å². The highest BCUT2D eigenvalue weighted by atomic mass is 32.1. The summed E-state index contributed by atoms with van der Waals surface area (Å²) in [5.74, 6) is 0.591. The zero-order valence-electron chi connectivity index (χ0n) is 20.1. The second-order valence-electron chi connectivity index (χ2n) is 7.71. The lowest BCUT2D eigenvalue weighted by Gasteiger charge is -2.07. The molecule has 0 aliphatic carbocycles. The van der Waals surface area contributed by atoms with Crippen LogP contribution in [0.4, 0.5) is 13.2 Å². The number of benzene rings is 3.